The summed E-state index contributed by atoms with van der Waals surface area (Å²) in [7, 11) is 0. The molecule has 1 aliphatic rings. The van der Waals surface area contributed by atoms with E-state index in [1.807, 2.05) is 61.5 Å². The Bertz CT molecular complexity index is 1280. The van der Waals surface area contributed by atoms with Crippen LogP contribution >= 0.6 is 0 Å². The molecule has 0 radical (unpaired) electrons. The number of esters is 1. The van der Waals surface area contributed by atoms with Crippen molar-refractivity contribution in [3.63, 3.8) is 0 Å². The highest BCUT2D eigenvalue weighted by atomic mass is 16.5. The van der Waals surface area contributed by atoms with Crippen LogP contribution in [0.4, 0.5) is 5.69 Å². The van der Waals surface area contributed by atoms with E-state index in [9.17, 15) is 19.5 Å². The van der Waals surface area contributed by atoms with Gasteiger partial charge in [0.15, 0.2) is 11.5 Å². The molecule has 0 aliphatic carbocycles. The van der Waals surface area contributed by atoms with Crippen molar-refractivity contribution in [2.75, 3.05) is 11.5 Å². The van der Waals surface area contributed by atoms with Crippen molar-refractivity contribution >= 4 is 23.3 Å². The molecule has 0 saturated carbocycles. The number of aliphatic hydroxyl groups excluding tert-OH is 1. The number of rotatable bonds is 8. The quantitative estimate of drug-likeness (QED) is 0.454. The zero-order valence-electron chi connectivity index (χ0n) is 19.7. The van der Waals surface area contributed by atoms with Gasteiger partial charge in [0.05, 0.1) is 23.8 Å². The molecule has 0 saturated heterocycles. The van der Waals surface area contributed by atoms with Gasteiger partial charge in [0, 0.05) is 12.1 Å². The lowest BCUT2D eigenvalue weighted by molar-refractivity contribution is -0.118. The Morgan fingerprint density at radius 2 is 1.60 bits per heavy atom. The lowest BCUT2D eigenvalue weighted by Gasteiger charge is -2.28. The largest absolute Gasteiger partial charge is 0.503 e. The number of nitrogens with zero attached hydrogens (tertiary/aromatic N) is 1. The van der Waals surface area contributed by atoms with Crippen molar-refractivity contribution in [3.05, 3.63) is 112 Å². The van der Waals surface area contributed by atoms with Gasteiger partial charge in [0.2, 0.25) is 0 Å². The van der Waals surface area contributed by atoms with Gasteiger partial charge >= 0.3 is 5.97 Å². The molecule has 0 fully saturated rings. The van der Waals surface area contributed by atoms with Crippen LogP contribution in [0, 0.1) is 6.92 Å². The molecule has 1 amide bonds. The third-order valence-electron chi connectivity index (χ3n) is 6.13. The van der Waals surface area contributed by atoms with Gasteiger partial charge in [-0.1, -0.05) is 54.6 Å². The number of amides is 1. The summed E-state index contributed by atoms with van der Waals surface area (Å²) in [5, 5.41) is 10.9. The van der Waals surface area contributed by atoms with E-state index in [4.69, 9.17) is 4.74 Å². The van der Waals surface area contributed by atoms with Crippen molar-refractivity contribution in [1.29, 1.82) is 0 Å². The second kappa shape index (κ2) is 10.4. The molecule has 6 heteroatoms. The second-order valence-electron chi connectivity index (χ2n) is 8.37. The molecule has 1 N–H and O–H groups in total. The van der Waals surface area contributed by atoms with E-state index in [0.717, 1.165) is 16.7 Å². The van der Waals surface area contributed by atoms with E-state index in [1.54, 1.807) is 31.2 Å². The molecule has 35 heavy (non-hydrogen) atoms. The first-order chi connectivity index (χ1) is 16.9. The highest BCUT2D eigenvalue weighted by Gasteiger charge is 2.44. The summed E-state index contributed by atoms with van der Waals surface area (Å²) in [6.45, 7) is 3.89. The number of ether oxygens (including phenoxy) is 1. The van der Waals surface area contributed by atoms with Crippen LogP contribution in [0.2, 0.25) is 0 Å². The molecule has 0 spiro atoms. The minimum Gasteiger partial charge on any atom is -0.503 e. The third kappa shape index (κ3) is 4.87. The summed E-state index contributed by atoms with van der Waals surface area (Å²) in [6, 6.07) is 22.7. The first-order valence-electron chi connectivity index (χ1n) is 11.6. The van der Waals surface area contributed by atoms with Gasteiger partial charge in [-0.25, -0.2) is 4.79 Å². The maximum atomic E-state index is 13.4. The van der Waals surface area contributed by atoms with Gasteiger partial charge in [-0.3, -0.25) is 14.5 Å². The SMILES string of the molecule is CCOC(=O)c1ccc(N2C(=O)C(O)=C(C(=O)CCc3ccccc3)C2c2ccccc2C)cc1. The molecule has 1 heterocycles. The topological polar surface area (TPSA) is 83.9 Å². The van der Waals surface area contributed by atoms with Gasteiger partial charge in [0.1, 0.15) is 0 Å². The van der Waals surface area contributed by atoms with Crippen LogP contribution in [-0.2, 0) is 20.7 Å². The van der Waals surface area contributed by atoms with Gasteiger partial charge in [-0.2, -0.15) is 0 Å². The maximum absolute atomic E-state index is 13.4. The van der Waals surface area contributed by atoms with Crippen LogP contribution < -0.4 is 4.90 Å². The fraction of sp³-hybridized carbons (Fsp3) is 0.207. The Hall–Kier alpha value is -4.19. The molecule has 3 aromatic carbocycles. The van der Waals surface area contributed by atoms with E-state index in [2.05, 4.69) is 0 Å². The number of carbonyl (C=O) groups excluding carboxylic acids is 3. The fourth-order valence-electron chi connectivity index (χ4n) is 4.35. The number of aliphatic hydroxyl groups is 1. The van der Waals surface area contributed by atoms with E-state index in [1.165, 1.54) is 4.90 Å². The van der Waals surface area contributed by atoms with Crippen molar-refractivity contribution in [2.45, 2.75) is 32.7 Å². The van der Waals surface area contributed by atoms with Gasteiger partial charge in [-0.05, 0) is 61.2 Å². The van der Waals surface area contributed by atoms with Crippen molar-refractivity contribution < 1.29 is 24.2 Å². The van der Waals surface area contributed by atoms with Crippen molar-refractivity contribution in [1.82, 2.24) is 0 Å². The van der Waals surface area contributed by atoms with Gasteiger partial charge in [0.25, 0.3) is 5.91 Å². The van der Waals surface area contributed by atoms with Crippen LogP contribution in [0.3, 0.4) is 0 Å². The van der Waals surface area contributed by atoms with Gasteiger partial charge < -0.3 is 9.84 Å². The molecule has 1 unspecified atom stereocenters. The van der Waals surface area contributed by atoms with Crippen LogP contribution in [0.25, 0.3) is 0 Å². The van der Waals surface area contributed by atoms with E-state index < -0.39 is 23.7 Å². The number of Topliss-reactive ketones (excluding diaryl/α,β-unsaturated/α-hetero) is 1. The molecule has 3 aromatic rings. The smallest absolute Gasteiger partial charge is 0.338 e. The molecule has 0 bridgehead atoms. The Morgan fingerprint density at radius 3 is 2.26 bits per heavy atom. The van der Waals surface area contributed by atoms with Crippen LogP contribution in [-0.4, -0.2) is 29.4 Å². The zero-order chi connectivity index (χ0) is 24.9. The molecule has 1 aliphatic heterocycles. The Labute approximate surface area is 204 Å². The number of benzene rings is 3. The van der Waals surface area contributed by atoms with Crippen molar-refractivity contribution in [3.8, 4) is 0 Å². The average Bonchev–Trinajstić information content (AvgIpc) is 3.14. The van der Waals surface area contributed by atoms with Gasteiger partial charge in [-0.15, -0.1) is 0 Å². The lowest BCUT2D eigenvalue weighted by Crippen LogP contribution is -2.31. The fourth-order valence-corrected chi connectivity index (χ4v) is 4.35. The van der Waals surface area contributed by atoms with Crippen LogP contribution in [0.5, 0.6) is 0 Å². The normalized spacial score (nSPS) is 15.4. The molecule has 1 atom stereocenters. The first-order valence-corrected chi connectivity index (χ1v) is 11.6. The Morgan fingerprint density at radius 1 is 0.943 bits per heavy atom. The second-order valence-corrected chi connectivity index (χ2v) is 8.37. The van der Waals surface area contributed by atoms with Crippen LogP contribution in [0.15, 0.2) is 90.2 Å². The molecule has 6 nitrogen and oxygen atoms in total. The molecule has 0 aromatic heterocycles. The molecule has 4 rings (SSSR count). The van der Waals surface area contributed by atoms with Crippen LogP contribution in [0.1, 0.15) is 46.4 Å². The number of hydrogen-bond acceptors (Lipinski definition) is 5. The third-order valence-corrected chi connectivity index (χ3v) is 6.13. The number of hydrogen-bond donors (Lipinski definition) is 1. The monoisotopic (exact) mass is 469 g/mol. The number of ketones is 1. The first kappa shape index (κ1) is 24.0. The summed E-state index contributed by atoms with van der Waals surface area (Å²) in [4.78, 5) is 40.2. The molecule has 178 valence electrons. The highest BCUT2D eigenvalue weighted by Crippen LogP contribution is 2.42. The predicted molar refractivity (Wildman–Crippen MR) is 133 cm³/mol. The summed E-state index contributed by atoms with van der Waals surface area (Å²) < 4.78 is 5.04. The molecular weight excluding hydrogens is 442 g/mol. The zero-order valence-corrected chi connectivity index (χ0v) is 19.7. The van der Waals surface area contributed by atoms with E-state index >= 15 is 0 Å². The molecular formula is C29H27NO5. The number of anilines is 1. The van der Waals surface area contributed by atoms with E-state index in [0.29, 0.717) is 17.7 Å². The summed E-state index contributed by atoms with van der Waals surface area (Å²) in [5.41, 5.74) is 3.56. The highest BCUT2D eigenvalue weighted by molar-refractivity contribution is 6.16. The summed E-state index contributed by atoms with van der Waals surface area (Å²) >= 11 is 0. The number of carbonyl (C=O) groups is 3. The van der Waals surface area contributed by atoms with Crippen molar-refractivity contribution in [2.24, 2.45) is 0 Å². The Kier molecular flexibility index (Phi) is 7.11. The minimum absolute atomic E-state index is 0.0923. The maximum Gasteiger partial charge on any atom is 0.338 e. The average molecular weight is 470 g/mol. The lowest BCUT2D eigenvalue weighted by atomic mass is 9.90. The minimum atomic E-state index is -0.777. The summed E-state index contributed by atoms with van der Waals surface area (Å²) in [6.07, 6.45) is 0.661. The summed E-state index contributed by atoms with van der Waals surface area (Å²) in [5.74, 6) is -1.92. The standard InChI is InChI=1S/C29H27NO5/c1-3-35-29(34)21-14-16-22(17-15-21)30-26(23-12-8-7-9-19(23)2)25(27(32)28(30)33)24(31)18-13-20-10-5-4-6-11-20/h4-12,14-17,26,32H,3,13,18H2,1-2H3. The Balaban J connectivity index is 1.71. The number of aryl methyl sites for hydroxylation is 2. The van der Waals surface area contributed by atoms with E-state index in [-0.39, 0.29) is 24.4 Å². The predicted octanol–water partition coefficient (Wildman–Crippen LogP) is 5.27.